The summed E-state index contributed by atoms with van der Waals surface area (Å²) in [6.45, 7) is 9.46. The number of hydrogen-bond donors (Lipinski definition) is 1. The van der Waals surface area contributed by atoms with Gasteiger partial charge >= 0.3 is 6.09 Å². The van der Waals surface area contributed by atoms with E-state index in [2.05, 4.69) is 23.4 Å². The van der Waals surface area contributed by atoms with Crippen LogP contribution < -0.4 is 5.32 Å². The Morgan fingerprint density at radius 1 is 1.28 bits per heavy atom. The Morgan fingerprint density at radius 3 is 2.66 bits per heavy atom. The van der Waals surface area contributed by atoms with E-state index in [1.165, 1.54) is 4.88 Å². The predicted octanol–water partition coefficient (Wildman–Crippen LogP) is 4.40. The molecule has 8 nitrogen and oxygen atoms in total. The average Bonchev–Trinajstić information content (AvgIpc) is 3.40. The molecule has 0 spiro atoms. The second kappa shape index (κ2) is 9.28. The van der Waals surface area contributed by atoms with Crippen molar-refractivity contribution in [1.29, 1.82) is 0 Å². The maximum absolute atomic E-state index is 13.3. The van der Waals surface area contributed by atoms with Crippen molar-refractivity contribution in [1.82, 2.24) is 25.0 Å². The number of carbonyl (C=O) groups is 2. The number of nitrogens with zero attached hydrogens (tertiary/aromatic N) is 4. The first-order valence-corrected chi connectivity index (χ1v) is 11.9. The number of thiophene rings is 1. The normalized spacial score (nSPS) is 14.8. The number of amides is 2. The highest BCUT2D eigenvalue weighted by molar-refractivity contribution is 7.15. The molecule has 1 saturated heterocycles. The summed E-state index contributed by atoms with van der Waals surface area (Å²) in [4.78, 5) is 34.0. The van der Waals surface area contributed by atoms with Gasteiger partial charge in [-0.15, -0.1) is 11.3 Å². The smallest absolute Gasteiger partial charge is 0.409 e. The number of aryl methyl sites for hydroxylation is 1. The van der Waals surface area contributed by atoms with Crippen LogP contribution in [0.15, 0.2) is 24.4 Å². The molecule has 3 aromatic heterocycles. The fraction of sp³-hybridized carbons (Fsp3) is 0.478. The van der Waals surface area contributed by atoms with E-state index in [0.717, 1.165) is 16.0 Å². The SMILES string of the molecule is CCOC(=O)N1CCC(NC(=O)c2cc(-c3ccc(C)s3)nc3c2cnn3C(C)C)CC1. The number of carbonyl (C=O) groups excluding carboxylic acids is 2. The van der Waals surface area contributed by atoms with E-state index in [4.69, 9.17) is 9.72 Å². The maximum Gasteiger partial charge on any atom is 0.409 e. The lowest BCUT2D eigenvalue weighted by molar-refractivity contribution is 0.0861. The first-order valence-electron chi connectivity index (χ1n) is 11.0. The highest BCUT2D eigenvalue weighted by atomic mass is 32.1. The number of hydrogen-bond acceptors (Lipinski definition) is 6. The molecule has 1 fully saturated rings. The third-order valence-electron chi connectivity index (χ3n) is 5.65. The lowest BCUT2D eigenvalue weighted by Crippen LogP contribution is -2.46. The van der Waals surface area contributed by atoms with Gasteiger partial charge in [0.2, 0.25) is 0 Å². The van der Waals surface area contributed by atoms with E-state index in [1.807, 2.05) is 30.7 Å². The summed E-state index contributed by atoms with van der Waals surface area (Å²) >= 11 is 1.66. The number of rotatable bonds is 5. The van der Waals surface area contributed by atoms with E-state index in [1.54, 1.807) is 29.4 Å². The lowest BCUT2D eigenvalue weighted by Gasteiger charge is -2.31. The molecule has 0 aliphatic carbocycles. The van der Waals surface area contributed by atoms with Crippen LogP contribution in [0, 0.1) is 6.92 Å². The van der Waals surface area contributed by atoms with Crippen molar-refractivity contribution in [3.05, 3.63) is 34.8 Å². The van der Waals surface area contributed by atoms with E-state index in [9.17, 15) is 9.59 Å². The van der Waals surface area contributed by atoms with Gasteiger partial charge in [0.1, 0.15) is 0 Å². The molecule has 32 heavy (non-hydrogen) atoms. The number of aromatic nitrogens is 3. The summed E-state index contributed by atoms with van der Waals surface area (Å²) in [5.74, 6) is -0.134. The molecule has 1 aliphatic rings. The van der Waals surface area contributed by atoms with Gasteiger partial charge < -0.3 is 15.0 Å². The van der Waals surface area contributed by atoms with E-state index in [-0.39, 0.29) is 24.1 Å². The Kier molecular flexibility index (Phi) is 6.45. The summed E-state index contributed by atoms with van der Waals surface area (Å²) in [6.07, 6.45) is 2.83. The first kappa shape index (κ1) is 22.3. The highest BCUT2D eigenvalue weighted by Gasteiger charge is 2.26. The Bertz CT molecular complexity index is 1130. The van der Waals surface area contributed by atoms with Crippen molar-refractivity contribution in [2.24, 2.45) is 0 Å². The number of nitrogens with one attached hydrogen (secondary N) is 1. The number of pyridine rings is 1. The maximum atomic E-state index is 13.3. The summed E-state index contributed by atoms with van der Waals surface area (Å²) in [5.41, 5.74) is 2.07. The third-order valence-corrected chi connectivity index (χ3v) is 6.67. The molecule has 1 aliphatic heterocycles. The molecule has 4 heterocycles. The van der Waals surface area contributed by atoms with Gasteiger partial charge in [-0.2, -0.15) is 5.10 Å². The molecule has 0 radical (unpaired) electrons. The summed E-state index contributed by atoms with van der Waals surface area (Å²) in [7, 11) is 0. The molecule has 0 bridgehead atoms. The van der Waals surface area contributed by atoms with Crippen molar-refractivity contribution in [3.63, 3.8) is 0 Å². The van der Waals surface area contributed by atoms with Crippen LogP contribution in [0.4, 0.5) is 4.79 Å². The molecule has 170 valence electrons. The fourth-order valence-corrected chi connectivity index (χ4v) is 4.79. The topological polar surface area (TPSA) is 89.3 Å². The van der Waals surface area contributed by atoms with Crippen LogP contribution in [-0.2, 0) is 4.74 Å². The molecule has 0 aromatic carbocycles. The quantitative estimate of drug-likeness (QED) is 0.616. The monoisotopic (exact) mass is 455 g/mol. The fourth-order valence-electron chi connectivity index (χ4n) is 3.97. The third kappa shape index (κ3) is 4.48. The Hall–Kier alpha value is -2.94. The van der Waals surface area contributed by atoms with Crippen molar-refractivity contribution < 1.29 is 14.3 Å². The van der Waals surface area contributed by atoms with Crippen molar-refractivity contribution in [3.8, 4) is 10.6 Å². The minimum absolute atomic E-state index is 0.00367. The van der Waals surface area contributed by atoms with Gasteiger partial charge in [0, 0.05) is 30.1 Å². The van der Waals surface area contributed by atoms with Crippen molar-refractivity contribution in [2.75, 3.05) is 19.7 Å². The summed E-state index contributed by atoms with van der Waals surface area (Å²) in [6, 6.07) is 6.09. The van der Waals surface area contributed by atoms with E-state index in [0.29, 0.717) is 43.7 Å². The standard InChI is InChI=1S/C23H29N5O3S/c1-5-31-23(30)27-10-8-16(9-11-27)25-22(29)17-12-19(20-7-6-15(4)32-20)26-21-18(17)13-24-28(21)14(2)3/h6-7,12-14,16H,5,8-11H2,1-4H3,(H,25,29). The van der Waals surface area contributed by atoms with Gasteiger partial charge in [0.05, 0.1) is 34.3 Å². The van der Waals surface area contributed by atoms with Gasteiger partial charge in [0.25, 0.3) is 5.91 Å². The second-order valence-electron chi connectivity index (χ2n) is 8.32. The van der Waals surface area contributed by atoms with E-state index >= 15 is 0 Å². The van der Waals surface area contributed by atoms with Gasteiger partial charge in [0.15, 0.2) is 5.65 Å². The van der Waals surface area contributed by atoms with Crippen LogP contribution in [0.3, 0.4) is 0 Å². The predicted molar refractivity (Wildman–Crippen MR) is 125 cm³/mol. The second-order valence-corrected chi connectivity index (χ2v) is 9.61. The zero-order chi connectivity index (χ0) is 22.8. The van der Waals surface area contributed by atoms with Crippen LogP contribution in [0.2, 0.25) is 0 Å². The minimum Gasteiger partial charge on any atom is -0.450 e. The Labute approximate surface area is 191 Å². The molecule has 4 rings (SSSR count). The van der Waals surface area contributed by atoms with Crippen molar-refractivity contribution in [2.45, 2.75) is 52.6 Å². The zero-order valence-corrected chi connectivity index (χ0v) is 19.7. The molecule has 3 aromatic rings. The average molecular weight is 456 g/mol. The molecule has 0 unspecified atom stereocenters. The van der Waals surface area contributed by atoms with Crippen LogP contribution in [0.1, 0.15) is 54.9 Å². The number of piperidine rings is 1. The Morgan fingerprint density at radius 2 is 2.03 bits per heavy atom. The first-order chi connectivity index (χ1) is 15.4. The number of ether oxygens (including phenoxy) is 1. The van der Waals surface area contributed by atoms with Crippen LogP contribution in [0.25, 0.3) is 21.6 Å². The van der Waals surface area contributed by atoms with Gasteiger partial charge in [-0.3, -0.25) is 4.79 Å². The van der Waals surface area contributed by atoms with E-state index < -0.39 is 0 Å². The van der Waals surface area contributed by atoms with Gasteiger partial charge in [-0.05, 0) is 58.7 Å². The molecule has 1 N–H and O–H groups in total. The minimum atomic E-state index is -0.287. The summed E-state index contributed by atoms with van der Waals surface area (Å²) in [5, 5.41) is 8.40. The van der Waals surface area contributed by atoms with Crippen LogP contribution in [0.5, 0.6) is 0 Å². The van der Waals surface area contributed by atoms with Gasteiger partial charge in [-0.1, -0.05) is 0 Å². The number of fused-ring (bicyclic) bond motifs is 1. The highest BCUT2D eigenvalue weighted by Crippen LogP contribution is 2.30. The largest absolute Gasteiger partial charge is 0.450 e. The van der Waals surface area contributed by atoms with Gasteiger partial charge in [-0.25, -0.2) is 14.5 Å². The lowest BCUT2D eigenvalue weighted by atomic mass is 10.0. The number of likely N-dealkylation sites (tertiary alicyclic amines) is 1. The zero-order valence-electron chi connectivity index (χ0n) is 18.9. The molecule has 9 heteroatoms. The molecule has 2 amide bonds. The molecule has 0 saturated carbocycles. The molecule has 0 atom stereocenters. The van der Waals surface area contributed by atoms with Crippen molar-refractivity contribution >= 4 is 34.4 Å². The molecular weight excluding hydrogens is 426 g/mol. The molecular formula is C23H29N5O3S. The van der Waals surface area contributed by atoms with Crippen LogP contribution in [-0.4, -0.2) is 57.4 Å². The Balaban J connectivity index is 1.59. The summed E-state index contributed by atoms with van der Waals surface area (Å²) < 4.78 is 6.93. The van der Waals surface area contributed by atoms with Crippen LogP contribution >= 0.6 is 11.3 Å².